The second kappa shape index (κ2) is 11.6. The van der Waals surface area contributed by atoms with Crippen LogP contribution in [-0.4, -0.2) is 36.6 Å². The first-order valence-corrected chi connectivity index (χ1v) is 11.5. The molecule has 1 fully saturated rings. The molecule has 1 aromatic heterocycles. The molecular formula is C24H29N3O3S. The lowest BCUT2D eigenvalue weighted by Gasteiger charge is -2.22. The lowest BCUT2D eigenvalue weighted by molar-refractivity contribution is -0.121. The molecule has 0 bridgehead atoms. The van der Waals surface area contributed by atoms with Crippen molar-refractivity contribution < 1.29 is 14.3 Å². The molecule has 7 heteroatoms. The van der Waals surface area contributed by atoms with Gasteiger partial charge in [0, 0.05) is 29.0 Å². The fraction of sp³-hybridized carbons (Fsp3) is 0.375. The van der Waals surface area contributed by atoms with Crippen molar-refractivity contribution >= 4 is 28.3 Å². The molecule has 2 amide bonds. The summed E-state index contributed by atoms with van der Waals surface area (Å²) in [6.45, 7) is 5.29. The van der Waals surface area contributed by atoms with Crippen LogP contribution >= 0.6 is 11.3 Å². The molecule has 2 N–H and O–H groups in total. The summed E-state index contributed by atoms with van der Waals surface area (Å²) in [5.41, 5.74) is 3.64. The van der Waals surface area contributed by atoms with Gasteiger partial charge in [-0.1, -0.05) is 43.4 Å². The number of carbonyl (C=O) groups is 2. The summed E-state index contributed by atoms with van der Waals surface area (Å²) in [5.74, 6) is -0.160. The topological polar surface area (TPSA) is 80.3 Å². The summed E-state index contributed by atoms with van der Waals surface area (Å²) >= 11 is 1.37. The zero-order valence-electron chi connectivity index (χ0n) is 18.0. The van der Waals surface area contributed by atoms with Gasteiger partial charge in [0.2, 0.25) is 5.91 Å². The van der Waals surface area contributed by atoms with Gasteiger partial charge in [0.1, 0.15) is 0 Å². The highest BCUT2D eigenvalue weighted by Gasteiger charge is 2.17. The van der Waals surface area contributed by atoms with Crippen LogP contribution in [0.3, 0.4) is 0 Å². The van der Waals surface area contributed by atoms with E-state index in [0.717, 1.165) is 43.7 Å². The number of nitrogens with one attached hydrogen (secondary N) is 2. The van der Waals surface area contributed by atoms with Gasteiger partial charge in [0.05, 0.1) is 18.8 Å². The maximum atomic E-state index is 12.2. The van der Waals surface area contributed by atoms with Crippen LogP contribution in [0, 0.1) is 0 Å². The quantitative estimate of drug-likeness (QED) is 0.463. The molecule has 0 spiro atoms. The molecule has 6 nitrogen and oxygen atoms in total. The Bertz CT molecular complexity index is 958. The van der Waals surface area contributed by atoms with Gasteiger partial charge >= 0.3 is 0 Å². The molecule has 1 atom stereocenters. The number of hydrogen-bond donors (Lipinski definition) is 2. The predicted molar refractivity (Wildman–Crippen MR) is 125 cm³/mol. The van der Waals surface area contributed by atoms with E-state index in [0.29, 0.717) is 16.6 Å². The highest BCUT2D eigenvalue weighted by atomic mass is 32.1. The Morgan fingerprint density at radius 3 is 2.97 bits per heavy atom. The van der Waals surface area contributed by atoms with E-state index in [4.69, 9.17) is 4.74 Å². The number of nitrogens with zero attached hydrogens (tertiary/aromatic N) is 1. The van der Waals surface area contributed by atoms with E-state index < -0.39 is 0 Å². The number of rotatable bonds is 8. The standard InChI is InChI=1S/C24H29N3O3S/c1-3-5-8-17(4-2)23(29)25-14-22(28)27-24-26-21(16-31-24)19-10-6-9-18(13-19)20-11-7-12-30-15-20/h4-6,8-10,13,16,20H,3,7,11-12,14-15H2,1-2H3,(H,25,29)(H,26,27,28)/b8-5-,17-4+. The molecule has 1 aliphatic rings. The van der Waals surface area contributed by atoms with Gasteiger partial charge < -0.3 is 15.4 Å². The van der Waals surface area contributed by atoms with Crippen LogP contribution in [0.15, 0.2) is 53.4 Å². The molecule has 164 valence electrons. The number of anilines is 1. The highest BCUT2D eigenvalue weighted by Crippen LogP contribution is 2.30. The minimum absolute atomic E-state index is 0.109. The average Bonchev–Trinajstić information content (AvgIpc) is 3.27. The third kappa shape index (κ3) is 6.60. The molecule has 0 saturated carbocycles. The van der Waals surface area contributed by atoms with Gasteiger partial charge in [-0.25, -0.2) is 4.98 Å². The number of carbonyl (C=O) groups excluding carboxylic acids is 2. The highest BCUT2D eigenvalue weighted by molar-refractivity contribution is 7.14. The van der Waals surface area contributed by atoms with E-state index in [-0.39, 0.29) is 18.4 Å². The van der Waals surface area contributed by atoms with Crippen molar-refractivity contribution in [2.75, 3.05) is 25.1 Å². The lowest BCUT2D eigenvalue weighted by Crippen LogP contribution is -2.33. The molecule has 1 saturated heterocycles. The fourth-order valence-corrected chi connectivity index (χ4v) is 4.13. The van der Waals surface area contributed by atoms with Crippen LogP contribution in [0.2, 0.25) is 0 Å². The number of allylic oxidation sites excluding steroid dienone is 2. The third-order valence-corrected chi connectivity index (χ3v) is 5.84. The predicted octanol–water partition coefficient (Wildman–Crippen LogP) is 4.67. The molecular weight excluding hydrogens is 410 g/mol. The van der Waals surface area contributed by atoms with Crippen LogP contribution in [0.4, 0.5) is 5.13 Å². The van der Waals surface area contributed by atoms with Crippen molar-refractivity contribution in [1.82, 2.24) is 10.3 Å². The van der Waals surface area contributed by atoms with E-state index in [1.165, 1.54) is 16.9 Å². The average molecular weight is 440 g/mol. The number of hydrogen-bond acceptors (Lipinski definition) is 5. The van der Waals surface area contributed by atoms with E-state index >= 15 is 0 Å². The van der Waals surface area contributed by atoms with Gasteiger partial charge in [0.15, 0.2) is 5.13 Å². The van der Waals surface area contributed by atoms with Crippen molar-refractivity contribution in [3.63, 3.8) is 0 Å². The first kappa shape index (κ1) is 22.9. The second-order valence-corrected chi connectivity index (χ2v) is 8.22. The fourth-order valence-electron chi connectivity index (χ4n) is 3.39. The normalized spacial score (nSPS) is 17.0. The van der Waals surface area contributed by atoms with Crippen molar-refractivity contribution in [3.05, 3.63) is 59.0 Å². The van der Waals surface area contributed by atoms with E-state index in [1.807, 2.05) is 30.5 Å². The minimum Gasteiger partial charge on any atom is -0.381 e. The largest absolute Gasteiger partial charge is 0.381 e. The molecule has 2 heterocycles. The van der Waals surface area contributed by atoms with Crippen molar-refractivity contribution in [2.24, 2.45) is 0 Å². The second-order valence-electron chi connectivity index (χ2n) is 7.36. The van der Waals surface area contributed by atoms with E-state index in [1.54, 1.807) is 19.1 Å². The zero-order valence-corrected chi connectivity index (χ0v) is 18.8. The number of aromatic nitrogens is 1. The third-order valence-electron chi connectivity index (χ3n) is 5.08. The van der Waals surface area contributed by atoms with Gasteiger partial charge in [-0.3, -0.25) is 9.59 Å². The molecule has 3 rings (SSSR count). The number of benzene rings is 1. The Morgan fingerprint density at radius 2 is 2.23 bits per heavy atom. The zero-order chi connectivity index (χ0) is 22.1. The van der Waals surface area contributed by atoms with Gasteiger partial charge in [0.25, 0.3) is 5.91 Å². The minimum atomic E-state index is -0.308. The lowest BCUT2D eigenvalue weighted by atomic mass is 9.92. The smallest absolute Gasteiger partial charge is 0.251 e. The summed E-state index contributed by atoms with van der Waals surface area (Å²) < 4.78 is 5.61. The van der Waals surface area contributed by atoms with Gasteiger partial charge in [-0.15, -0.1) is 11.3 Å². The maximum absolute atomic E-state index is 12.2. The Kier molecular flexibility index (Phi) is 8.55. The molecule has 0 radical (unpaired) electrons. The van der Waals surface area contributed by atoms with Crippen molar-refractivity contribution in [2.45, 2.75) is 39.0 Å². The SMILES string of the molecule is C/C=C(\C=C/CC)C(=O)NCC(=O)Nc1nc(-c2cccc(C3CCCOC3)c2)cs1. The number of ether oxygens (including phenoxy) is 1. The first-order valence-electron chi connectivity index (χ1n) is 10.6. The summed E-state index contributed by atoms with van der Waals surface area (Å²) in [7, 11) is 0. The number of thiazole rings is 1. The summed E-state index contributed by atoms with van der Waals surface area (Å²) in [6.07, 6.45) is 8.45. The molecule has 1 unspecified atom stereocenters. The molecule has 1 aromatic carbocycles. The van der Waals surface area contributed by atoms with Crippen LogP contribution in [0.1, 0.15) is 44.6 Å². The Labute approximate surface area is 187 Å². The van der Waals surface area contributed by atoms with E-state index in [2.05, 4.69) is 27.8 Å². The summed E-state index contributed by atoms with van der Waals surface area (Å²) in [4.78, 5) is 28.9. The molecule has 2 aromatic rings. The van der Waals surface area contributed by atoms with Crippen molar-refractivity contribution in [1.29, 1.82) is 0 Å². The van der Waals surface area contributed by atoms with Crippen LogP contribution < -0.4 is 10.6 Å². The Morgan fingerprint density at radius 1 is 1.35 bits per heavy atom. The van der Waals surface area contributed by atoms with Gasteiger partial charge in [-0.05, 0) is 37.8 Å². The van der Waals surface area contributed by atoms with Crippen LogP contribution in [0.5, 0.6) is 0 Å². The van der Waals surface area contributed by atoms with Crippen molar-refractivity contribution in [3.8, 4) is 11.3 Å². The maximum Gasteiger partial charge on any atom is 0.251 e. The molecule has 1 aliphatic heterocycles. The summed E-state index contributed by atoms with van der Waals surface area (Å²) in [5, 5.41) is 7.84. The van der Waals surface area contributed by atoms with Gasteiger partial charge in [-0.2, -0.15) is 0 Å². The first-order chi connectivity index (χ1) is 15.1. The monoisotopic (exact) mass is 439 g/mol. The Hall–Kier alpha value is -2.77. The number of amides is 2. The molecule has 0 aliphatic carbocycles. The van der Waals surface area contributed by atoms with E-state index in [9.17, 15) is 9.59 Å². The molecule has 31 heavy (non-hydrogen) atoms. The van der Waals surface area contributed by atoms with Crippen LogP contribution in [-0.2, 0) is 14.3 Å². The van der Waals surface area contributed by atoms with Crippen LogP contribution in [0.25, 0.3) is 11.3 Å². The summed E-state index contributed by atoms with van der Waals surface area (Å²) in [6, 6.07) is 8.35. The Balaban J connectivity index is 1.57.